The Morgan fingerprint density at radius 1 is 1.21 bits per heavy atom. The van der Waals surface area contributed by atoms with E-state index in [0.29, 0.717) is 0 Å². The molecule has 1 rings (SSSR count). The molecule has 1 aromatic carbocycles. The maximum absolute atomic E-state index is 12.9. The Kier molecular flexibility index (Phi) is 4.77. The molecule has 106 valence electrons. The molecule has 4 nitrogen and oxygen atoms in total. The van der Waals surface area contributed by atoms with Gasteiger partial charge in [-0.15, -0.1) is 0 Å². The molecule has 0 unspecified atom stereocenters. The predicted molar refractivity (Wildman–Crippen MR) is 62.5 cm³/mol. The van der Waals surface area contributed by atoms with Gasteiger partial charge in [-0.3, -0.25) is 5.43 Å². The average molecular weight is 276 g/mol. The fourth-order valence-corrected chi connectivity index (χ4v) is 1.23. The Morgan fingerprint density at radius 2 is 1.74 bits per heavy atom. The van der Waals surface area contributed by atoms with Gasteiger partial charge in [0.15, 0.2) is 17.5 Å². The minimum absolute atomic E-state index is 0.0760. The van der Waals surface area contributed by atoms with Crippen LogP contribution in [-0.4, -0.2) is 11.7 Å². The molecule has 0 radical (unpaired) electrons. The van der Waals surface area contributed by atoms with E-state index in [4.69, 9.17) is 4.74 Å². The van der Waals surface area contributed by atoms with Gasteiger partial charge in [-0.25, -0.2) is 23.4 Å². The Morgan fingerprint density at radius 3 is 2.21 bits per heavy atom. The topological polar surface area (TPSA) is 50.4 Å². The molecular weight excluding hydrogens is 261 g/mol. The average Bonchev–Trinajstić information content (AvgIpc) is 2.23. The highest BCUT2D eigenvalue weighted by Gasteiger charge is 2.16. The predicted octanol–water partition coefficient (Wildman–Crippen LogP) is 2.63. The van der Waals surface area contributed by atoms with Crippen LogP contribution in [0.3, 0.4) is 0 Å². The van der Waals surface area contributed by atoms with Crippen LogP contribution in [-0.2, 0) is 11.3 Å². The summed E-state index contributed by atoms with van der Waals surface area (Å²) >= 11 is 0. The molecule has 0 saturated carbocycles. The number of carbonyl (C=O) groups is 1. The first-order valence-electron chi connectivity index (χ1n) is 5.54. The van der Waals surface area contributed by atoms with Crippen molar-refractivity contribution in [1.29, 1.82) is 0 Å². The van der Waals surface area contributed by atoms with E-state index in [0.717, 1.165) is 12.1 Å². The van der Waals surface area contributed by atoms with E-state index in [1.54, 1.807) is 20.8 Å². The number of ether oxygens (including phenoxy) is 1. The fourth-order valence-electron chi connectivity index (χ4n) is 1.23. The lowest BCUT2D eigenvalue weighted by Crippen LogP contribution is -2.40. The number of halogens is 3. The number of benzene rings is 1. The molecule has 2 N–H and O–H groups in total. The largest absolute Gasteiger partial charge is 0.443 e. The van der Waals surface area contributed by atoms with Gasteiger partial charge in [0.2, 0.25) is 0 Å². The number of hydrogen-bond acceptors (Lipinski definition) is 3. The third kappa shape index (κ3) is 5.17. The van der Waals surface area contributed by atoms with Crippen LogP contribution in [0.25, 0.3) is 0 Å². The molecule has 0 bridgehead atoms. The van der Waals surface area contributed by atoms with E-state index in [1.807, 2.05) is 0 Å². The van der Waals surface area contributed by atoms with Gasteiger partial charge in [0.05, 0.1) is 0 Å². The third-order valence-electron chi connectivity index (χ3n) is 1.93. The fraction of sp³-hybridized carbons (Fsp3) is 0.417. The molecule has 0 aromatic heterocycles. The van der Waals surface area contributed by atoms with Gasteiger partial charge in [0.25, 0.3) is 0 Å². The maximum Gasteiger partial charge on any atom is 0.422 e. The number of rotatable bonds is 3. The van der Waals surface area contributed by atoms with Crippen molar-refractivity contribution in [2.45, 2.75) is 32.9 Å². The van der Waals surface area contributed by atoms with Crippen molar-refractivity contribution < 1.29 is 22.7 Å². The molecule has 0 heterocycles. The highest BCUT2D eigenvalue weighted by molar-refractivity contribution is 5.66. The molecule has 1 amide bonds. The van der Waals surface area contributed by atoms with Gasteiger partial charge in [0, 0.05) is 6.54 Å². The standard InChI is InChI=1S/C12H15F3N2O2/c1-12(2,3)19-11(18)17-16-6-7-4-8(13)10(15)9(14)5-7/h4-5,16H,6H2,1-3H3,(H,17,18). The van der Waals surface area contributed by atoms with Crippen LogP contribution in [0.15, 0.2) is 12.1 Å². The van der Waals surface area contributed by atoms with E-state index < -0.39 is 29.1 Å². The van der Waals surface area contributed by atoms with E-state index in [9.17, 15) is 18.0 Å². The normalized spacial score (nSPS) is 11.3. The Bertz CT molecular complexity index is 450. The molecule has 0 saturated heterocycles. The molecule has 0 spiro atoms. The van der Waals surface area contributed by atoms with Crippen LogP contribution in [0.2, 0.25) is 0 Å². The van der Waals surface area contributed by atoms with E-state index >= 15 is 0 Å². The Labute approximate surface area is 108 Å². The number of carbonyl (C=O) groups excluding carboxylic acids is 1. The third-order valence-corrected chi connectivity index (χ3v) is 1.93. The first kappa shape index (κ1) is 15.3. The van der Waals surface area contributed by atoms with E-state index in [1.165, 1.54) is 0 Å². The molecular formula is C12H15F3N2O2. The van der Waals surface area contributed by atoms with Crippen LogP contribution in [0.1, 0.15) is 26.3 Å². The van der Waals surface area contributed by atoms with Crippen molar-refractivity contribution in [2.24, 2.45) is 0 Å². The summed E-state index contributed by atoms with van der Waals surface area (Å²) in [6, 6.07) is 1.67. The maximum atomic E-state index is 12.9. The zero-order valence-electron chi connectivity index (χ0n) is 10.8. The molecule has 0 fully saturated rings. The minimum atomic E-state index is -1.52. The van der Waals surface area contributed by atoms with Gasteiger partial charge in [0.1, 0.15) is 5.60 Å². The highest BCUT2D eigenvalue weighted by atomic mass is 19.2. The molecule has 0 atom stereocenters. The summed E-state index contributed by atoms with van der Waals surface area (Å²) in [4.78, 5) is 11.2. The number of hydrogen-bond donors (Lipinski definition) is 2. The monoisotopic (exact) mass is 276 g/mol. The van der Waals surface area contributed by atoms with E-state index in [-0.39, 0.29) is 12.1 Å². The second kappa shape index (κ2) is 5.92. The van der Waals surface area contributed by atoms with Crippen LogP contribution >= 0.6 is 0 Å². The Hall–Kier alpha value is -1.76. The summed E-state index contributed by atoms with van der Waals surface area (Å²) in [5, 5.41) is 0. The molecule has 0 aliphatic carbocycles. The van der Waals surface area contributed by atoms with Crippen molar-refractivity contribution in [3.8, 4) is 0 Å². The minimum Gasteiger partial charge on any atom is -0.443 e. The quantitative estimate of drug-likeness (QED) is 0.659. The van der Waals surface area contributed by atoms with Crippen molar-refractivity contribution in [2.75, 3.05) is 0 Å². The van der Waals surface area contributed by atoms with Gasteiger partial charge in [-0.1, -0.05) is 0 Å². The lowest BCUT2D eigenvalue weighted by atomic mass is 10.2. The van der Waals surface area contributed by atoms with Gasteiger partial charge in [-0.05, 0) is 38.5 Å². The zero-order valence-corrected chi connectivity index (χ0v) is 10.8. The van der Waals surface area contributed by atoms with Gasteiger partial charge >= 0.3 is 6.09 Å². The Balaban J connectivity index is 2.48. The van der Waals surface area contributed by atoms with Crippen molar-refractivity contribution in [3.05, 3.63) is 35.1 Å². The lowest BCUT2D eigenvalue weighted by molar-refractivity contribution is 0.0497. The second-order valence-corrected chi connectivity index (χ2v) is 4.85. The summed E-state index contributed by atoms with van der Waals surface area (Å²) < 4.78 is 43.4. The van der Waals surface area contributed by atoms with Crippen LogP contribution in [0.5, 0.6) is 0 Å². The molecule has 1 aromatic rings. The number of nitrogens with one attached hydrogen (secondary N) is 2. The van der Waals surface area contributed by atoms with Crippen molar-refractivity contribution >= 4 is 6.09 Å². The summed E-state index contributed by atoms with van der Waals surface area (Å²) in [6.07, 6.45) is -0.726. The molecule has 0 aliphatic rings. The van der Waals surface area contributed by atoms with Crippen LogP contribution in [0, 0.1) is 17.5 Å². The number of hydrazine groups is 1. The van der Waals surface area contributed by atoms with Crippen molar-refractivity contribution in [3.63, 3.8) is 0 Å². The molecule has 0 aliphatic heterocycles. The summed E-state index contributed by atoms with van der Waals surface area (Å²) in [6.45, 7) is 5.00. The van der Waals surface area contributed by atoms with Crippen molar-refractivity contribution in [1.82, 2.24) is 10.9 Å². The van der Waals surface area contributed by atoms with Crippen LogP contribution in [0.4, 0.5) is 18.0 Å². The summed E-state index contributed by atoms with van der Waals surface area (Å²) in [7, 11) is 0. The first-order chi connectivity index (χ1) is 8.69. The lowest BCUT2D eigenvalue weighted by Gasteiger charge is -2.19. The van der Waals surface area contributed by atoms with E-state index in [2.05, 4.69) is 10.9 Å². The summed E-state index contributed by atoms with van der Waals surface area (Å²) in [5.74, 6) is -4.09. The smallest absolute Gasteiger partial charge is 0.422 e. The second-order valence-electron chi connectivity index (χ2n) is 4.85. The molecule has 7 heteroatoms. The number of amides is 1. The zero-order chi connectivity index (χ0) is 14.6. The first-order valence-corrected chi connectivity index (χ1v) is 5.54. The highest BCUT2D eigenvalue weighted by Crippen LogP contribution is 2.13. The van der Waals surface area contributed by atoms with Gasteiger partial charge in [-0.2, -0.15) is 0 Å². The SMILES string of the molecule is CC(C)(C)OC(=O)NNCc1cc(F)c(F)c(F)c1. The van der Waals surface area contributed by atoms with Crippen LogP contribution < -0.4 is 10.9 Å². The van der Waals surface area contributed by atoms with Gasteiger partial charge < -0.3 is 4.74 Å². The summed E-state index contributed by atoms with van der Waals surface area (Å²) in [5.41, 5.74) is 4.10. The molecule has 19 heavy (non-hydrogen) atoms.